The molecule has 1 aliphatic heterocycles. The Balaban J connectivity index is 1.31. The molecule has 0 N–H and O–H groups in total. The highest BCUT2D eigenvalue weighted by atomic mass is 16.3. The van der Waals surface area contributed by atoms with Crippen molar-refractivity contribution in [3.05, 3.63) is 140 Å². The van der Waals surface area contributed by atoms with Gasteiger partial charge < -0.3 is 8.98 Å². The minimum atomic E-state index is 0.585. The number of furan rings is 1. The van der Waals surface area contributed by atoms with E-state index in [-0.39, 0.29) is 0 Å². The molecule has 0 amide bonds. The molecule has 4 heterocycles. The van der Waals surface area contributed by atoms with Gasteiger partial charge in [0.15, 0.2) is 5.82 Å². The molecule has 47 heavy (non-hydrogen) atoms. The molecule has 9 aromatic rings. The van der Waals surface area contributed by atoms with Crippen molar-refractivity contribution in [2.45, 2.75) is 0 Å². The number of rotatable bonds is 3. The SMILES string of the molecule is C[N+]1(C)c2ccccc2-c2cc3c4ccccc4n(-c4ccccc4-c4nc(-c5ccccc5)nc5oc6ccccc6c45)c3cc21. The van der Waals surface area contributed by atoms with E-state index in [2.05, 4.69) is 110 Å². The van der Waals surface area contributed by atoms with E-state index in [1.54, 1.807) is 0 Å². The van der Waals surface area contributed by atoms with E-state index in [1.807, 2.05) is 48.5 Å². The summed E-state index contributed by atoms with van der Waals surface area (Å²) in [6.07, 6.45) is 0. The second-order valence-corrected chi connectivity index (χ2v) is 12.8. The number of para-hydroxylation sites is 4. The molecule has 0 aliphatic carbocycles. The average Bonchev–Trinajstić information content (AvgIpc) is 3.73. The zero-order valence-electron chi connectivity index (χ0n) is 26.0. The number of hydrogen-bond donors (Lipinski definition) is 0. The van der Waals surface area contributed by atoms with E-state index in [0.29, 0.717) is 16.0 Å². The van der Waals surface area contributed by atoms with Gasteiger partial charge in [0, 0.05) is 50.5 Å². The van der Waals surface area contributed by atoms with E-state index in [0.717, 1.165) is 44.4 Å². The van der Waals surface area contributed by atoms with Crippen LogP contribution in [0.4, 0.5) is 11.4 Å². The van der Waals surface area contributed by atoms with Crippen molar-refractivity contribution in [1.29, 1.82) is 0 Å². The third-order valence-electron chi connectivity index (χ3n) is 9.86. The molecule has 0 unspecified atom stereocenters. The van der Waals surface area contributed by atoms with E-state index < -0.39 is 0 Å². The summed E-state index contributed by atoms with van der Waals surface area (Å²) in [6.45, 7) is 0. The second-order valence-electron chi connectivity index (χ2n) is 12.8. The van der Waals surface area contributed by atoms with Crippen LogP contribution in [0.15, 0.2) is 144 Å². The molecule has 5 heteroatoms. The molecule has 0 fully saturated rings. The van der Waals surface area contributed by atoms with Crippen molar-refractivity contribution < 1.29 is 4.42 Å². The predicted molar refractivity (Wildman–Crippen MR) is 193 cm³/mol. The van der Waals surface area contributed by atoms with Crippen LogP contribution in [0, 0.1) is 0 Å². The maximum Gasteiger partial charge on any atom is 0.231 e. The van der Waals surface area contributed by atoms with Gasteiger partial charge in [0.25, 0.3) is 0 Å². The van der Waals surface area contributed by atoms with Crippen LogP contribution in [0.3, 0.4) is 0 Å². The largest absolute Gasteiger partial charge is 0.438 e. The fourth-order valence-electron chi connectivity index (χ4n) is 7.66. The lowest BCUT2D eigenvalue weighted by molar-refractivity contribution is 0.569. The van der Waals surface area contributed by atoms with Gasteiger partial charge in [-0.1, -0.05) is 97.1 Å². The molecular formula is C42H29N4O+. The van der Waals surface area contributed by atoms with Crippen LogP contribution < -0.4 is 4.48 Å². The first-order chi connectivity index (χ1) is 23.1. The van der Waals surface area contributed by atoms with Gasteiger partial charge >= 0.3 is 0 Å². The van der Waals surface area contributed by atoms with Crippen molar-refractivity contribution in [1.82, 2.24) is 19.0 Å². The lowest BCUT2D eigenvalue weighted by Gasteiger charge is -2.25. The van der Waals surface area contributed by atoms with Gasteiger partial charge in [-0.05, 0) is 30.3 Å². The van der Waals surface area contributed by atoms with Gasteiger partial charge in [0.05, 0.1) is 41.9 Å². The zero-order valence-corrected chi connectivity index (χ0v) is 26.0. The fraction of sp³-hybridized carbons (Fsp3) is 0.0476. The zero-order chi connectivity index (χ0) is 31.3. The van der Waals surface area contributed by atoms with Crippen LogP contribution in [-0.2, 0) is 0 Å². The van der Waals surface area contributed by atoms with Crippen molar-refractivity contribution in [3.8, 4) is 39.5 Å². The van der Waals surface area contributed by atoms with Crippen LogP contribution in [0.25, 0.3) is 83.3 Å². The Morgan fingerprint density at radius 3 is 2.13 bits per heavy atom. The van der Waals surface area contributed by atoms with Gasteiger partial charge in [-0.15, -0.1) is 0 Å². The van der Waals surface area contributed by atoms with Crippen LogP contribution in [0.2, 0.25) is 0 Å². The number of nitrogens with zero attached hydrogens (tertiary/aromatic N) is 4. The molecule has 222 valence electrons. The number of quaternary nitrogens is 1. The van der Waals surface area contributed by atoms with Gasteiger partial charge in [-0.2, -0.15) is 4.98 Å². The Labute approximate surface area is 271 Å². The van der Waals surface area contributed by atoms with Crippen LogP contribution >= 0.6 is 0 Å². The first kappa shape index (κ1) is 26.2. The Morgan fingerprint density at radius 1 is 0.553 bits per heavy atom. The monoisotopic (exact) mass is 605 g/mol. The molecule has 0 saturated heterocycles. The summed E-state index contributed by atoms with van der Waals surface area (Å²) in [4.78, 5) is 10.3. The topological polar surface area (TPSA) is 43.9 Å². The van der Waals surface area contributed by atoms with Gasteiger partial charge in [-0.3, -0.25) is 4.48 Å². The van der Waals surface area contributed by atoms with Crippen LogP contribution in [-0.4, -0.2) is 28.6 Å². The van der Waals surface area contributed by atoms with E-state index >= 15 is 0 Å². The highest BCUT2D eigenvalue weighted by Crippen LogP contribution is 2.53. The Bertz CT molecular complexity index is 2720. The molecule has 0 saturated carbocycles. The second kappa shape index (κ2) is 9.49. The summed E-state index contributed by atoms with van der Waals surface area (Å²) in [6, 6.07) is 49.2. The highest BCUT2D eigenvalue weighted by molar-refractivity contribution is 6.15. The summed E-state index contributed by atoms with van der Waals surface area (Å²) in [7, 11) is 4.56. The minimum absolute atomic E-state index is 0.585. The van der Waals surface area contributed by atoms with Crippen LogP contribution in [0.5, 0.6) is 0 Å². The lowest BCUT2D eigenvalue weighted by Crippen LogP contribution is -2.31. The first-order valence-electron chi connectivity index (χ1n) is 15.9. The lowest BCUT2D eigenvalue weighted by atomic mass is 10.0. The Kier molecular flexibility index (Phi) is 5.29. The van der Waals surface area contributed by atoms with E-state index in [4.69, 9.17) is 14.4 Å². The highest BCUT2D eigenvalue weighted by Gasteiger charge is 2.38. The standard InChI is InChI=1S/C42H29N4O/c1-46(2)36-22-12-8-17-28(36)32-24-31-27-16-6-10-20-33(27)45(35(31)25-37(32)46)34-21-11-7-18-29(34)40-39-30-19-9-13-23-38(30)47-42(39)44-41(43-40)26-14-4-3-5-15-26/h3-25H,1-2H3/q+1. The Morgan fingerprint density at radius 2 is 1.26 bits per heavy atom. The molecule has 0 radical (unpaired) electrons. The Hall–Kier alpha value is -6.04. The minimum Gasteiger partial charge on any atom is -0.438 e. The molecule has 0 atom stereocenters. The van der Waals surface area contributed by atoms with E-state index in [1.165, 1.54) is 38.8 Å². The normalized spacial score (nSPS) is 13.5. The van der Waals surface area contributed by atoms with E-state index in [9.17, 15) is 0 Å². The third-order valence-corrected chi connectivity index (χ3v) is 9.86. The summed E-state index contributed by atoms with van der Waals surface area (Å²) in [5, 5.41) is 4.38. The maximum absolute atomic E-state index is 6.39. The molecule has 5 nitrogen and oxygen atoms in total. The maximum atomic E-state index is 6.39. The predicted octanol–water partition coefficient (Wildman–Crippen LogP) is 10.7. The summed E-state index contributed by atoms with van der Waals surface area (Å²) >= 11 is 0. The molecule has 0 bridgehead atoms. The van der Waals surface area contributed by atoms with Crippen LogP contribution in [0.1, 0.15) is 0 Å². The molecular weight excluding hydrogens is 576 g/mol. The molecule has 1 aliphatic rings. The van der Waals surface area contributed by atoms with Crippen molar-refractivity contribution in [2.75, 3.05) is 14.1 Å². The summed E-state index contributed by atoms with van der Waals surface area (Å²) < 4.78 is 9.50. The van der Waals surface area contributed by atoms with Crippen molar-refractivity contribution in [2.24, 2.45) is 0 Å². The first-order valence-corrected chi connectivity index (χ1v) is 15.9. The molecule has 10 rings (SSSR count). The quantitative estimate of drug-likeness (QED) is 0.188. The fourth-order valence-corrected chi connectivity index (χ4v) is 7.66. The number of hydrogen-bond acceptors (Lipinski definition) is 3. The number of aromatic nitrogens is 3. The molecule has 0 spiro atoms. The van der Waals surface area contributed by atoms with Crippen molar-refractivity contribution >= 4 is 55.2 Å². The van der Waals surface area contributed by atoms with Gasteiger partial charge in [-0.25, -0.2) is 4.98 Å². The number of fused-ring (bicyclic) bond motifs is 9. The smallest absolute Gasteiger partial charge is 0.231 e. The number of benzene rings is 6. The average molecular weight is 606 g/mol. The third kappa shape index (κ3) is 3.63. The molecule has 6 aromatic carbocycles. The molecule has 3 aromatic heterocycles. The van der Waals surface area contributed by atoms with Crippen molar-refractivity contribution in [3.63, 3.8) is 0 Å². The summed E-state index contributed by atoms with van der Waals surface area (Å²) in [5.74, 6) is 0.638. The van der Waals surface area contributed by atoms with Gasteiger partial charge in [0.2, 0.25) is 5.71 Å². The summed E-state index contributed by atoms with van der Waals surface area (Å²) in [5.41, 5.74) is 12.8. The van der Waals surface area contributed by atoms with Gasteiger partial charge in [0.1, 0.15) is 17.0 Å².